The second-order valence-electron chi connectivity index (χ2n) is 7.33. The van der Waals surface area contributed by atoms with E-state index in [0.717, 1.165) is 18.1 Å². The number of hydrogen-bond donors (Lipinski definition) is 1. The Labute approximate surface area is 149 Å². The number of aryl methyl sites for hydroxylation is 1. The molecular formula is C20H28N4O. The largest absolute Gasteiger partial charge is 0.349 e. The van der Waals surface area contributed by atoms with Crippen LogP contribution in [0.15, 0.2) is 24.3 Å². The normalized spacial score (nSPS) is 14.6. The number of aromatic nitrogens is 3. The van der Waals surface area contributed by atoms with Crippen LogP contribution < -0.4 is 5.32 Å². The van der Waals surface area contributed by atoms with E-state index in [1.807, 2.05) is 11.6 Å². The number of nitrogens with zero attached hydrogens (tertiary/aromatic N) is 3. The molecule has 0 radical (unpaired) electrons. The second kappa shape index (κ2) is 7.81. The van der Waals surface area contributed by atoms with Crippen LogP contribution in [-0.2, 0) is 24.8 Å². The fourth-order valence-corrected chi connectivity index (χ4v) is 3.14. The summed E-state index contributed by atoms with van der Waals surface area (Å²) in [6.45, 7) is 4.82. The van der Waals surface area contributed by atoms with E-state index >= 15 is 0 Å². The summed E-state index contributed by atoms with van der Waals surface area (Å²) >= 11 is 0. The molecule has 0 unspecified atom stereocenters. The second-order valence-corrected chi connectivity index (χ2v) is 7.33. The maximum atomic E-state index is 12.1. The van der Waals surface area contributed by atoms with Crippen molar-refractivity contribution in [1.82, 2.24) is 20.1 Å². The third-order valence-corrected chi connectivity index (χ3v) is 5.20. The first kappa shape index (κ1) is 17.6. The van der Waals surface area contributed by atoms with Gasteiger partial charge in [-0.3, -0.25) is 4.79 Å². The van der Waals surface area contributed by atoms with Crippen molar-refractivity contribution < 1.29 is 4.79 Å². The van der Waals surface area contributed by atoms with Gasteiger partial charge in [0.2, 0.25) is 5.91 Å². The van der Waals surface area contributed by atoms with Gasteiger partial charge < -0.3 is 9.88 Å². The minimum absolute atomic E-state index is 0.0566. The minimum atomic E-state index is 0.0566. The standard InChI is InChI=1S/C20H28N4O/c1-14(2)16-10-7-15(8-11-16)9-12-19(25)21-13-18-22-23-20(24(18)3)17-5-4-6-17/h7-8,10-11,14,17H,4-6,9,12-13H2,1-3H3,(H,21,25). The molecule has 1 heterocycles. The maximum absolute atomic E-state index is 12.1. The molecule has 25 heavy (non-hydrogen) atoms. The predicted molar refractivity (Wildman–Crippen MR) is 98.3 cm³/mol. The van der Waals surface area contributed by atoms with Gasteiger partial charge >= 0.3 is 0 Å². The van der Waals surface area contributed by atoms with Gasteiger partial charge in [0.1, 0.15) is 5.82 Å². The zero-order chi connectivity index (χ0) is 17.8. The van der Waals surface area contributed by atoms with E-state index in [-0.39, 0.29) is 5.91 Å². The van der Waals surface area contributed by atoms with Gasteiger partial charge in [-0.1, -0.05) is 44.5 Å². The van der Waals surface area contributed by atoms with Gasteiger partial charge in [-0.05, 0) is 36.3 Å². The van der Waals surface area contributed by atoms with Crippen molar-refractivity contribution in [2.45, 2.75) is 64.3 Å². The molecule has 5 nitrogen and oxygen atoms in total. The zero-order valence-corrected chi connectivity index (χ0v) is 15.5. The van der Waals surface area contributed by atoms with Crippen molar-refractivity contribution in [2.24, 2.45) is 7.05 Å². The molecule has 5 heteroatoms. The highest BCUT2D eigenvalue weighted by atomic mass is 16.1. The first-order valence-electron chi connectivity index (χ1n) is 9.28. The number of hydrogen-bond acceptors (Lipinski definition) is 3. The fraction of sp³-hybridized carbons (Fsp3) is 0.550. The van der Waals surface area contributed by atoms with Crippen molar-refractivity contribution >= 4 is 5.91 Å². The Balaban J connectivity index is 1.46. The molecule has 0 saturated heterocycles. The molecule has 2 aromatic rings. The van der Waals surface area contributed by atoms with Crippen LogP contribution in [-0.4, -0.2) is 20.7 Å². The molecule has 1 aromatic carbocycles. The van der Waals surface area contributed by atoms with Gasteiger partial charge in [0.15, 0.2) is 5.82 Å². The van der Waals surface area contributed by atoms with Crippen LogP contribution in [0.4, 0.5) is 0 Å². The smallest absolute Gasteiger partial charge is 0.220 e. The first-order valence-corrected chi connectivity index (χ1v) is 9.28. The molecule has 1 amide bonds. The van der Waals surface area contributed by atoms with Gasteiger partial charge in [0, 0.05) is 19.4 Å². The monoisotopic (exact) mass is 340 g/mol. The summed E-state index contributed by atoms with van der Waals surface area (Å²) in [5.74, 6) is 3.03. The molecule has 1 aliphatic rings. The molecule has 0 aliphatic heterocycles. The van der Waals surface area contributed by atoms with Crippen LogP contribution in [0.3, 0.4) is 0 Å². The average Bonchev–Trinajstić information content (AvgIpc) is 2.91. The summed E-state index contributed by atoms with van der Waals surface area (Å²) in [5, 5.41) is 11.5. The Hall–Kier alpha value is -2.17. The molecule has 3 rings (SSSR count). The lowest BCUT2D eigenvalue weighted by molar-refractivity contribution is -0.121. The predicted octanol–water partition coefficient (Wildman–Crippen LogP) is 3.46. The Morgan fingerprint density at radius 3 is 2.56 bits per heavy atom. The van der Waals surface area contributed by atoms with E-state index in [9.17, 15) is 4.79 Å². The summed E-state index contributed by atoms with van der Waals surface area (Å²) in [6.07, 6.45) is 4.94. The van der Waals surface area contributed by atoms with Crippen LogP contribution in [0.5, 0.6) is 0 Å². The van der Waals surface area contributed by atoms with Crippen LogP contribution in [0.1, 0.15) is 74.1 Å². The van der Waals surface area contributed by atoms with Crippen molar-refractivity contribution in [2.75, 3.05) is 0 Å². The number of rotatable bonds is 7. The quantitative estimate of drug-likeness (QED) is 0.840. The van der Waals surface area contributed by atoms with E-state index in [2.05, 4.69) is 53.6 Å². The average molecular weight is 340 g/mol. The summed E-state index contributed by atoms with van der Waals surface area (Å²) in [7, 11) is 1.99. The number of amides is 1. The molecule has 1 saturated carbocycles. The van der Waals surface area contributed by atoms with E-state index < -0.39 is 0 Å². The molecular weight excluding hydrogens is 312 g/mol. The lowest BCUT2D eigenvalue weighted by Gasteiger charge is -2.24. The van der Waals surface area contributed by atoms with Gasteiger partial charge in [-0.2, -0.15) is 0 Å². The highest BCUT2D eigenvalue weighted by Crippen LogP contribution is 2.35. The molecule has 0 atom stereocenters. The van der Waals surface area contributed by atoms with E-state index in [4.69, 9.17) is 0 Å². The zero-order valence-electron chi connectivity index (χ0n) is 15.5. The highest BCUT2D eigenvalue weighted by Gasteiger charge is 2.25. The first-order chi connectivity index (χ1) is 12.0. The van der Waals surface area contributed by atoms with E-state index in [1.54, 1.807) is 0 Å². The Morgan fingerprint density at radius 1 is 1.24 bits per heavy atom. The lowest BCUT2D eigenvalue weighted by atomic mass is 9.85. The summed E-state index contributed by atoms with van der Waals surface area (Å²) < 4.78 is 2.04. The van der Waals surface area contributed by atoms with Crippen LogP contribution >= 0.6 is 0 Å². The molecule has 1 aliphatic carbocycles. The minimum Gasteiger partial charge on any atom is -0.349 e. The van der Waals surface area contributed by atoms with E-state index in [0.29, 0.717) is 24.8 Å². The molecule has 134 valence electrons. The van der Waals surface area contributed by atoms with Gasteiger partial charge in [-0.25, -0.2) is 0 Å². The number of carbonyl (C=O) groups excluding carboxylic acids is 1. The Morgan fingerprint density at radius 2 is 1.96 bits per heavy atom. The third-order valence-electron chi connectivity index (χ3n) is 5.20. The molecule has 1 N–H and O–H groups in total. The molecule has 0 bridgehead atoms. The summed E-state index contributed by atoms with van der Waals surface area (Å²) in [4.78, 5) is 12.1. The number of carbonyl (C=O) groups is 1. The fourth-order valence-electron chi connectivity index (χ4n) is 3.14. The third kappa shape index (κ3) is 4.27. The van der Waals surface area contributed by atoms with Crippen LogP contribution in [0, 0.1) is 0 Å². The summed E-state index contributed by atoms with van der Waals surface area (Å²) in [5.41, 5.74) is 2.53. The number of benzene rings is 1. The highest BCUT2D eigenvalue weighted by molar-refractivity contribution is 5.76. The SMILES string of the molecule is CC(C)c1ccc(CCC(=O)NCc2nnc(C3CCC3)n2C)cc1. The molecule has 1 fully saturated rings. The van der Waals surface area contributed by atoms with Gasteiger partial charge in [0.25, 0.3) is 0 Å². The van der Waals surface area contributed by atoms with Crippen LogP contribution in [0.2, 0.25) is 0 Å². The molecule has 1 aromatic heterocycles. The topological polar surface area (TPSA) is 59.8 Å². The van der Waals surface area contributed by atoms with Crippen molar-refractivity contribution in [3.05, 3.63) is 47.0 Å². The van der Waals surface area contributed by atoms with Crippen LogP contribution in [0.25, 0.3) is 0 Å². The lowest BCUT2D eigenvalue weighted by Crippen LogP contribution is -2.25. The van der Waals surface area contributed by atoms with Gasteiger partial charge in [0.05, 0.1) is 6.54 Å². The van der Waals surface area contributed by atoms with Crippen molar-refractivity contribution in [3.63, 3.8) is 0 Å². The summed E-state index contributed by atoms with van der Waals surface area (Å²) in [6, 6.07) is 8.55. The maximum Gasteiger partial charge on any atom is 0.220 e. The number of nitrogens with one attached hydrogen (secondary N) is 1. The van der Waals surface area contributed by atoms with Crippen molar-refractivity contribution in [1.29, 1.82) is 0 Å². The van der Waals surface area contributed by atoms with Gasteiger partial charge in [-0.15, -0.1) is 10.2 Å². The Bertz CT molecular complexity index is 714. The molecule has 0 spiro atoms. The van der Waals surface area contributed by atoms with Crippen molar-refractivity contribution in [3.8, 4) is 0 Å². The van der Waals surface area contributed by atoms with E-state index in [1.165, 1.54) is 30.4 Å². The Kier molecular flexibility index (Phi) is 5.51.